The molecule has 0 radical (unpaired) electrons. The monoisotopic (exact) mass is 412 g/mol. The Balaban J connectivity index is 1.76. The van der Waals surface area contributed by atoms with E-state index in [0.717, 1.165) is 55.5 Å². The van der Waals surface area contributed by atoms with E-state index in [9.17, 15) is 4.39 Å². The fourth-order valence-electron chi connectivity index (χ4n) is 4.15. The summed E-state index contributed by atoms with van der Waals surface area (Å²) >= 11 is 0. The fourth-order valence-corrected chi connectivity index (χ4v) is 4.15. The summed E-state index contributed by atoms with van der Waals surface area (Å²) < 4.78 is 18.8. The summed E-state index contributed by atoms with van der Waals surface area (Å²) in [4.78, 5) is 12.4. The van der Waals surface area contributed by atoms with Gasteiger partial charge in [0.25, 0.3) is 0 Å². The van der Waals surface area contributed by atoms with E-state index in [4.69, 9.17) is 10.5 Å². The quantitative estimate of drug-likeness (QED) is 0.393. The first-order chi connectivity index (χ1) is 14.9. The van der Waals surface area contributed by atoms with Gasteiger partial charge in [0.15, 0.2) is 0 Å². The van der Waals surface area contributed by atoms with Crippen LogP contribution < -0.4 is 10.5 Å². The molecule has 3 N–H and O–H groups in total. The van der Waals surface area contributed by atoms with E-state index >= 15 is 0 Å². The van der Waals surface area contributed by atoms with Crippen molar-refractivity contribution in [2.24, 2.45) is 0 Å². The summed E-state index contributed by atoms with van der Waals surface area (Å²) in [7, 11) is 1.67. The number of nitrogens with zero attached hydrogens (tertiary/aromatic N) is 2. The zero-order valence-electron chi connectivity index (χ0n) is 17.5. The number of H-pyrrole nitrogens is 1. The predicted octanol–water partition coefficient (Wildman–Crippen LogP) is 5.79. The van der Waals surface area contributed by atoms with Crippen LogP contribution in [0.3, 0.4) is 0 Å². The Hall–Kier alpha value is -3.93. The van der Waals surface area contributed by atoms with Crippen LogP contribution in [0.15, 0.2) is 54.6 Å². The van der Waals surface area contributed by atoms with Crippen molar-refractivity contribution in [3.8, 4) is 28.3 Å². The first kappa shape index (κ1) is 19.1. The zero-order chi connectivity index (χ0) is 21.7. The molecule has 0 aliphatic carbocycles. The molecule has 3 aromatic carbocycles. The van der Waals surface area contributed by atoms with Gasteiger partial charge in [0.1, 0.15) is 11.6 Å². The van der Waals surface area contributed by atoms with Crippen molar-refractivity contribution < 1.29 is 9.13 Å². The van der Waals surface area contributed by atoms with Crippen molar-refractivity contribution in [1.29, 1.82) is 0 Å². The number of rotatable bonds is 3. The van der Waals surface area contributed by atoms with Crippen molar-refractivity contribution in [1.82, 2.24) is 15.0 Å². The van der Waals surface area contributed by atoms with E-state index in [-0.39, 0.29) is 11.8 Å². The lowest BCUT2D eigenvalue weighted by molar-refractivity contribution is 0.415. The van der Waals surface area contributed by atoms with Crippen LogP contribution in [0.2, 0.25) is 0 Å². The maximum atomic E-state index is 13.4. The molecule has 0 saturated heterocycles. The van der Waals surface area contributed by atoms with Crippen LogP contribution in [0.1, 0.15) is 11.1 Å². The van der Waals surface area contributed by atoms with Crippen LogP contribution >= 0.6 is 0 Å². The molecule has 0 unspecified atom stereocenters. The van der Waals surface area contributed by atoms with Crippen LogP contribution in [0.4, 0.5) is 10.3 Å². The largest absolute Gasteiger partial charge is 0.497 e. The number of nitrogens with one attached hydrogen (secondary N) is 1. The molecule has 0 fully saturated rings. The number of aromatic amines is 1. The minimum Gasteiger partial charge on any atom is -0.497 e. The number of methoxy groups -OCH3 is 1. The van der Waals surface area contributed by atoms with Crippen molar-refractivity contribution in [2.75, 3.05) is 12.8 Å². The smallest absolute Gasteiger partial charge is 0.221 e. The first-order valence-electron chi connectivity index (χ1n) is 9.95. The number of anilines is 1. The number of fused-ring (bicyclic) bond motifs is 3. The maximum Gasteiger partial charge on any atom is 0.221 e. The average Bonchev–Trinajstić information content (AvgIpc) is 3.16. The fraction of sp³-hybridized carbons (Fsp3) is 0.120. The molecule has 5 rings (SSSR count). The molecule has 0 amide bonds. The molecule has 0 atom stereocenters. The van der Waals surface area contributed by atoms with Gasteiger partial charge in [-0.2, -0.15) is 0 Å². The van der Waals surface area contributed by atoms with Gasteiger partial charge in [-0.05, 0) is 79.6 Å². The van der Waals surface area contributed by atoms with Crippen molar-refractivity contribution in [3.05, 3.63) is 71.5 Å². The van der Waals surface area contributed by atoms with Crippen LogP contribution in [0.5, 0.6) is 5.75 Å². The summed E-state index contributed by atoms with van der Waals surface area (Å²) in [5, 5.41) is 2.22. The van der Waals surface area contributed by atoms with Crippen LogP contribution in [-0.2, 0) is 0 Å². The molecule has 2 heterocycles. The normalized spacial score (nSPS) is 11.4. The molecule has 0 saturated carbocycles. The molecule has 0 aliphatic rings. The lowest BCUT2D eigenvalue weighted by Crippen LogP contribution is -2.00. The second-order valence-electron chi connectivity index (χ2n) is 7.66. The Morgan fingerprint density at radius 1 is 0.935 bits per heavy atom. The number of aryl methyl sites for hydroxylation is 2. The van der Waals surface area contributed by atoms with Gasteiger partial charge in [-0.25, -0.2) is 14.4 Å². The highest BCUT2D eigenvalue weighted by Gasteiger charge is 2.16. The molecule has 31 heavy (non-hydrogen) atoms. The summed E-state index contributed by atoms with van der Waals surface area (Å²) in [6.07, 6.45) is 0. The summed E-state index contributed by atoms with van der Waals surface area (Å²) in [5.74, 6) is 0.688. The Kier molecular flexibility index (Phi) is 4.36. The second kappa shape index (κ2) is 7.09. The lowest BCUT2D eigenvalue weighted by Gasteiger charge is -2.12. The van der Waals surface area contributed by atoms with E-state index in [2.05, 4.69) is 34.9 Å². The van der Waals surface area contributed by atoms with Gasteiger partial charge in [0, 0.05) is 32.9 Å². The third-order valence-electron chi connectivity index (χ3n) is 5.70. The number of ether oxygens (including phenoxy) is 1. The van der Waals surface area contributed by atoms with Crippen LogP contribution in [0.25, 0.3) is 44.3 Å². The molecule has 5 aromatic rings. The van der Waals surface area contributed by atoms with Crippen LogP contribution in [-0.4, -0.2) is 22.1 Å². The van der Waals surface area contributed by atoms with Crippen molar-refractivity contribution in [2.45, 2.75) is 13.8 Å². The predicted molar refractivity (Wildman–Crippen MR) is 123 cm³/mol. The average molecular weight is 412 g/mol. The number of benzene rings is 3. The van der Waals surface area contributed by atoms with Crippen molar-refractivity contribution in [3.63, 3.8) is 0 Å². The number of aromatic nitrogens is 3. The Bertz CT molecular complexity index is 1450. The van der Waals surface area contributed by atoms with E-state index in [1.165, 1.54) is 12.1 Å². The lowest BCUT2D eigenvalue weighted by atomic mass is 9.96. The Labute approximate surface area is 178 Å². The van der Waals surface area contributed by atoms with E-state index in [1.807, 2.05) is 24.3 Å². The highest BCUT2D eigenvalue weighted by Crippen LogP contribution is 2.38. The third kappa shape index (κ3) is 3.17. The maximum absolute atomic E-state index is 13.4. The van der Waals surface area contributed by atoms with Crippen LogP contribution in [0, 0.1) is 19.7 Å². The standard InChI is InChI=1S/C25H21FN4O/c1-13-10-18(14(2)23-19-11-17(31-3)8-9-20(19)28-24(13)23)22-12-21(29-25(27)30-22)15-4-6-16(26)7-5-15/h4-12,28H,1-3H3,(H2,27,29,30). The molecule has 6 heteroatoms. The number of nitrogens with two attached hydrogens (primary N) is 1. The Morgan fingerprint density at radius 2 is 1.68 bits per heavy atom. The molecule has 0 bridgehead atoms. The van der Waals surface area contributed by atoms with Gasteiger partial charge in [0.2, 0.25) is 5.95 Å². The molecular formula is C25H21FN4O. The highest BCUT2D eigenvalue weighted by atomic mass is 19.1. The number of hydrogen-bond donors (Lipinski definition) is 2. The second-order valence-corrected chi connectivity index (χ2v) is 7.66. The third-order valence-corrected chi connectivity index (χ3v) is 5.70. The van der Waals surface area contributed by atoms with E-state index < -0.39 is 0 Å². The highest BCUT2D eigenvalue weighted by molar-refractivity contribution is 6.12. The van der Waals surface area contributed by atoms with Crippen molar-refractivity contribution >= 4 is 27.8 Å². The summed E-state index contributed by atoms with van der Waals surface area (Å²) in [5.41, 5.74) is 13.5. The SMILES string of the molecule is COc1ccc2[nH]c3c(C)cc(-c4cc(-c5ccc(F)cc5)nc(N)n4)c(C)c3c2c1. The Morgan fingerprint density at radius 3 is 2.42 bits per heavy atom. The van der Waals surface area contributed by atoms with Gasteiger partial charge >= 0.3 is 0 Å². The summed E-state index contributed by atoms with van der Waals surface area (Å²) in [6, 6.07) is 16.2. The number of halogens is 1. The topological polar surface area (TPSA) is 76.8 Å². The summed E-state index contributed by atoms with van der Waals surface area (Å²) in [6.45, 7) is 4.16. The number of nitrogen functional groups attached to an aromatic ring is 1. The molecule has 0 spiro atoms. The molecule has 5 nitrogen and oxygen atoms in total. The molecule has 2 aromatic heterocycles. The van der Waals surface area contributed by atoms with E-state index in [1.54, 1.807) is 19.2 Å². The molecule has 154 valence electrons. The molecule has 0 aliphatic heterocycles. The van der Waals surface area contributed by atoms with E-state index in [0.29, 0.717) is 5.69 Å². The van der Waals surface area contributed by atoms with Gasteiger partial charge in [-0.1, -0.05) is 0 Å². The van der Waals surface area contributed by atoms with Gasteiger partial charge < -0.3 is 15.5 Å². The van der Waals surface area contributed by atoms with Gasteiger partial charge in [-0.15, -0.1) is 0 Å². The zero-order valence-corrected chi connectivity index (χ0v) is 17.5. The minimum atomic E-state index is -0.294. The van der Waals surface area contributed by atoms with Gasteiger partial charge in [-0.3, -0.25) is 0 Å². The molecular weight excluding hydrogens is 391 g/mol. The first-order valence-corrected chi connectivity index (χ1v) is 9.95. The van der Waals surface area contributed by atoms with Gasteiger partial charge in [0.05, 0.1) is 18.5 Å². The number of hydrogen-bond acceptors (Lipinski definition) is 4. The minimum absolute atomic E-state index is 0.176.